The number of carbonyl (C=O) groups excluding carboxylic acids is 1. The van der Waals surface area contributed by atoms with Crippen LogP contribution in [0.2, 0.25) is 0 Å². The van der Waals surface area contributed by atoms with Crippen LogP contribution in [0, 0.1) is 0 Å². The molecular formula is C19H22N4O4S2. The minimum absolute atomic E-state index is 0.0834. The van der Waals surface area contributed by atoms with Crippen molar-refractivity contribution in [3.8, 4) is 10.7 Å². The van der Waals surface area contributed by atoms with Crippen LogP contribution in [-0.2, 0) is 21.4 Å². The second kappa shape index (κ2) is 8.75. The summed E-state index contributed by atoms with van der Waals surface area (Å²) in [5.41, 5.74) is 0.446. The summed E-state index contributed by atoms with van der Waals surface area (Å²) in [7, 11) is -2.08. The lowest BCUT2D eigenvalue weighted by molar-refractivity contribution is -0.132. The number of sulfonamides is 1. The predicted octanol–water partition coefficient (Wildman–Crippen LogP) is 3.00. The minimum atomic E-state index is -3.67. The molecule has 0 aliphatic carbocycles. The fourth-order valence-electron chi connectivity index (χ4n) is 2.98. The highest BCUT2D eigenvalue weighted by atomic mass is 32.2. The third kappa shape index (κ3) is 4.83. The molecule has 0 saturated heterocycles. The van der Waals surface area contributed by atoms with Gasteiger partial charge in [0, 0.05) is 7.05 Å². The molecule has 1 aromatic carbocycles. The van der Waals surface area contributed by atoms with Gasteiger partial charge in [-0.25, -0.2) is 8.42 Å². The molecule has 1 amide bonds. The number of nitrogens with zero attached hydrogens (tertiary/aromatic N) is 4. The van der Waals surface area contributed by atoms with Gasteiger partial charge in [0.2, 0.25) is 27.6 Å². The highest BCUT2D eigenvalue weighted by Gasteiger charge is 2.33. The number of amides is 1. The summed E-state index contributed by atoms with van der Waals surface area (Å²) in [6, 6.07) is 11.5. The summed E-state index contributed by atoms with van der Waals surface area (Å²) in [5.74, 6) is 0.396. The first-order chi connectivity index (χ1) is 13.8. The molecule has 0 radical (unpaired) electrons. The Kier molecular flexibility index (Phi) is 6.33. The number of anilines is 1. The van der Waals surface area contributed by atoms with E-state index in [9.17, 15) is 13.2 Å². The second-order valence-corrected chi connectivity index (χ2v) is 9.31. The lowest BCUT2D eigenvalue weighted by Crippen LogP contribution is -2.49. The first-order valence-electron chi connectivity index (χ1n) is 8.97. The maximum absolute atomic E-state index is 13.1. The lowest BCUT2D eigenvalue weighted by Gasteiger charge is -2.32. The van der Waals surface area contributed by atoms with Crippen LogP contribution in [-0.4, -0.2) is 48.7 Å². The Balaban J connectivity index is 1.80. The molecule has 0 aliphatic rings. The van der Waals surface area contributed by atoms with E-state index in [1.165, 1.54) is 16.2 Å². The number of hydrogen-bond donors (Lipinski definition) is 0. The van der Waals surface area contributed by atoms with Gasteiger partial charge in [-0.05, 0) is 30.0 Å². The van der Waals surface area contributed by atoms with E-state index in [1.54, 1.807) is 44.3 Å². The Hall–Kier alpha value is -2.72. The van der Waals surface area contributed by atoms with Crippen molar-refractivity contribution in [3.63, 3.8) is 0 Å². The van der Waals surface area contributed by atoms with E-state index >= 15 is 0 Å². The highest BCUT2D eigenvalue weighted by Crippen LogP contribution is 2.24. The van der Waals surface area contributed by atoms with E-state index < -0.39 is 16.1 Å². The first-order valence-corrected chi connectivity index (χ1v) is 11.7. The van der Waals surface area contributed by atoms with Crippen LogP contribution in [0.4, 0.5) is 5.69 Å². The number of benzene rings is 1. The van der Waals surface area contributed by atoms with Gasteiger partial charge in [0.1, 0.15) is 6.04 Å². The number of aromatic nitrogens is 2. The van der Waals surface area contributed by atoms with Crippen LogP contribution >= 0.6 is 11.3 Å². The molecule has 10 heteroatoms. The van der Waals surface area contributed by atoms with Crippen molar-refractivity contribution in [1.82, 2.24) is 15.0 Å². The summed E-state index contributed by atoms with van der Waals surface area (Å²) in [5, 5.41) is 5.85. The lowest BCUT2D eigenvalue weighted by atomic mass is 10.1. The molecule has 2 aromatic heterocycles. The molecule has 3 aromatic rings. The summed E-state index contributed by atoms with van der Waals surface area (Å²) < 4.78 is 31.4. The van der Waals surface area contributed by atoms with E-state index in [0.717, 1.165) is 15.4 Å². The molecule has 0 spiro atoms. The van der Waals surface area contributed by atoms with Crippen LogP contribution in [0.3, 0.4) is 0 Å². The number of rotatable bonds is 8. The molecule has 0 saturated carbocycles. The van der Waals surface area contributed by atoms with E-state index in [2.05, 4.69) is 10.1 Å². The normalized spacial score (nSPS) is 12.5. The van der Waals surface area contributed by atoms with Crippen molar-refractivity contribution < 1.29 is 17.7 Å². The molecule has 0 bridgehead atoms. The number of carbonyl (C=O) groups is 1. The third-order valence-electron chi connectivity index (χ3n) is 4.28. The summed E-state index contributed by atoms with van der Waals surface area (Å²) >= 11 is 1.49. The first kappa shape index (κ1) is 21.0. The van der Waals surface area contributed by atoms with Crippen LogP contribution in [0.15, 0.2) is 52.4 Å². The standard InChI is InChI=1S/C19H22N4O4S2/c1-4-15(23(29(3,25)26)14-9-6-5-7-10-14)19(24)22(2)13-17-20-18(21-27-17)16-11-8-12-28-16/h5-12,15H,4,13H2,1-3H3. The SMILES string of the molecule is CCC(C(=O)N(C)Cc1nc(-c2cccs2)no1)N(c1ccccc1)S(C)(=O)=O. The predicted molar refractivity (Wildman–Crippen MR) is 112 cm³/mol. The van der Waals surface area contributed by atoms with Gasteiger partial charge in [-0.1, -0.05) is 36.3 Å². The fourth-order valence-corrected chi connectivity index (χ4v) is 4.83. The molecule has 8 nitrogen and oxygen atoms in total. The van der Waals surface area contributed by atoms with Gasteiger partial charge < -0.3 is 9.42 Å². The van der Waals surface area contributed by atoms with E-state index in [0.29, 0.717) is 17.9 Å². The molecule has 0 N–H and O–H groups in total. The molecular weight excluding hydrogens is 412 g/mol. The van der Waals surface area contributed by atoms with Crippen LogP contribution < -0.4 is 4.31 Å². The largest absolute Gasteiger partial charge is 0.337 e. The van der Waals surface area contributed by atoms with Gasteiger partial charge in [-0.3, -0.25) is 9.10 Å². The van der Waals surface area contributed by atoms with Crippen molar-refractivity contribution in [2.75, 3.05) is 17.6 Å². The van der Waals surface area contributed by atoms with Crippen molar-refractivity contribution in [3.05, 3.63) is 53.7 Å². The van der Waals surface area contributed by atoms with Gasteiger partial charge in [-0.2, -0.15) is 4.98 Å². The molecule has 1 unspecified atom stereocenters. The number of likely N-dealkylation sites (N-methyl/N-ethyl adjacent to an activating group) is 1. The monoisotopic (exact) mass is 434 g/mol. The molecule has 1 atom stereocenters. The van der Waals surface area contributed by atoms with Crippen molar-refractivity contribution in [1.29, 1.82) is 0 Å². The van der Waals surface area contributed by atoms with E-state index in [4.69, 9.17) is 4.52 Å². The molecule has 0 fully saturated rings. The maximum Gasteiger partial charge on any atom is 0.246 e. The zero-order chi connectivity index (χ0) is 21.0. The van der Waals surface area contributed by atoms with Crippen molar-refractivity contribution in [2.45, 2.75) is 25.9 Å². The molecule has 2 heterocycles. The zero-order valence-corrected chi connectivity index (χ0v) is 18.0. The molecule has 0 aliphatic heterocycles. The Bertz CT molecular complexity index is 1050. The zero-order valence-electron chi connectivity index (χ0n) is 16.3. The maximum atomic E-state index is 13.1. The minimum Gasteiger partial charge on any atom is -0.337 e. The van der Waals surface area contributed by atoms with Crippen molar-refractivity contribution in [2.24, 2.45) is 0 Å². The molecule has 3 rings (SSSR count). The quantitative estimate of drug-likeness (QED) is 0.541. The van der Waals surface area contributed by atoms with Gasteiger partial charge in [0.05, 0.1) is 23.4 Å². The Morgan fingerprint density at radius 1 is 1.21 bits per heavy atom. The highest BCUT2D eigenvalue weighted by molar-refractivity contribution is 7.92. The van der Waals surface area contributed by atoms with Gasteiger partial charge >= 0.3 is 0 Å². The van der Waals surface area contributed by atoms with Gasteiger partial charge in [0.25, 0.3) is 0 Å². The Morgan fingerprint density at radius 2 is 1.93 bits per heavy atom. The Morgan fingerprint density at radius 3 is 2.52 bits per heavy atom. The number of para-hydroxylation sites is 1. The number of thiophene rings is 1. The molecule has 154 valence electrons. The van der Waals surface area contributed by atoms with Crippen LogP contribution in [0.1, 0.15) is 19.2 Å². The van der Waals surface area contributed by atoms with Gasteiger partial charge in [-0.15, -0.1) is 11.3 Å². The topological polar surface area (TPSA) is 96.6 Å². The van der Waals surface area contributed by atoms with E-state index in [-0.39, 0.29) is 18.3 Å². The van der Waals surface area contributed by atoms with E-state index in [1.807, 2.05) is 17.5 Å². The summed E-state index contributed by atoms with van der Waals surface area (Å²) in [4.78, 5) is 19.7. The van der Waals surface area contributed by atoms with Crippen molar-refractivity contribution >= 4 is 33.0 Å². The second-order valence-electron chi connectivity index (χ2n) is 6.50. The summed E-state index contributed by atoms with van der Waals surface area (Å²) in [6.45, 7) is 1.86. The van der Waals surface area contributed by atoms with Crippen LogP contribution in [0.25, 0.3) is 10.7 Å². The molecule has 29 heavy (non-hydrogen) atoms. The third-order valence-corrected chi connectivity index (χ3v) is 6.33. The van der Waals surface area contributed by atoms with Gasteiger partial charge in [0.15, 0.2) is 0 Å². The van der Waals surface area contributed by atoms with Crippen LogP contribution in [0.5, 0.6) is 0 Å². The fraction of sp³-hybridized carbons (Fsp3) is 0.316. The Labute approximate surface area is 173 Å². The smallest absolute Gasteiger partial charge is 0.246 e. The average molecular weight is 435 g/mol. The number of hydrogen-bond acceptors (Lipinski definition) is 7. The average Bonchev–Trinajstić information content (AvgIpc) is 3.36. The summed E-state index contributed by atoms with van der Waals surface area (Å²) in [6.07, 6.45) is 1.41.